The molecular weight excluding hydrogens is 442 g/mol. The topological polar surface area (TPSA) is 29.5 Å². The van der Waals surface area contributed by atoms with Gasteiger partial charge >= 0.3 is 5.97 Å². The van der Waals surface area contributed by atoms with Crippen molar-refractivity contribution in [3.8, 4) is 0 Å². The predicted octanol–water partition coefficient (Wildman–Crippen LogP) is 10.4. The van der Waals surface area contributed by atoms with E-state index in [1.807, 2.05) is 0 Å². The first-order valence-corrected chi connectivity index (χ1v) is 16.4. The minimum atomic E-state index is -0.181. The van der Waals surface area contributed by atoms with Gasteiger partial charge in [0.1, 0.15) is 5.60 Å². The van der Waals surface area contributed by atoms with Gasteiger partial charge in [-0.05, 0) is 33.4 Å². The Bertz CT molecular complexity index is 506. The Balaban J connectivity index is 1.96. The SMILES string of the molecule is CCCCCCCCCCCCCCCCCCCCC1(OC(=O)CCCCCCC)CC1N(C)C. The van der Waals surface area contributed by atoms with Crippen LogP contribution < -0.4 is 0 Å². The Kier molecular flexibility index (Phi) is 20.8. The van der Waals surface area contributed by atoms with Gasteiger partial charge in [0, 0.05) is 12.8 Å². The molecule has 0 saturated heterocycles. The predicted molar refractivity (Wildman–Crippen MR) is 158 cm³/mol. The molecule has 0 aromatic carbocycles. The Morgan fingerprint density at radius 1 is 0.611 bits per heavy atom. The summed E-state index contributed by atoms with van der Waals surface area (Å²) in [6.45, 7) is 4.52. The molecule has 1 saturated carbocycles. The molecular formula is C33H65NO2. The number of rotatable bonds is 27. The summed E-state index contributed by atoms with van der Waals surface area (Å²) in [5.74, 6) is 0.0401. The van der Waals surface area contributed by atoms with Crippen molar-refractivity contribution in [3.63, 3.8) is 0 Å². The van der Waals surface area contributed by atoms with E-state index in [-0.39, 0.29) is 11.6 Å². The average molecular weight is 508 g/mol. The lowest BCUT2D eigenvalue weighted by Crippen LogP contribution is -2.30. The van der Waals surface area contributed by atoms with Crippen molar-refractivity contribution in [2.75, 3.05) is 14.1 Å². The first-order chi connectivity index (χ1) is 17.6. The molecule has 1 rings (SSSR count). The van der Waals surface area contributed by atoms with Crippen molar-refractivity contribution in [1.29, 1.82) is 0 Å². The van der Waals surface area contributed by atoms with Crippen LogP contribution in [0.25, 0.3) is 0 Å². The second kappa shape index (κ2) is 22.4. The van der Waals surface area contributed by atoms with Gasteiger partial charge < -0.3 is 9.64 Å². The van der Waals surface area contributed by atoms with Crippen LogP contribution in [0.4, 0.5) is 0 Å². The van der Waals surface area contributed by atoms with Gasteiger partial charge in [-0.3, -0.25) is 4.79 Å². The van der Waals surface area contributed by atoms with Crippen LogP contribution in [0.2, 0.25) is 0 Å². The van der Waals surface area contributed by atoms with E-state index in [0.29, 0.717) is 12.5 Å². The number of carbonyl (C=O) groups excluding carboxylic acids is 1. The molecule has 0 heterocycles. The van der Waals surface area contributed by atoms with Crippen molar-refractivity contribution in [1.82, 2.24) is 4.90 Å². The molecule has 0 aliphatic heterocycles. The number of unbranched alkanes of at least 4 members (excludes halogenated alkanes) is 21. The summed E-state index contributed by atoms with van der Waals surface area (Å²) < 4.78 is 6.08. The summed E-state index contributed by atoms with van der Waals surface area (Å²) >= 11 is 0. The monoisotopic (exact) mass is 508 g/mol. The molecule has 0 N–H and O–H groups in total. The smallest absolute Gasteiger partial charge is 0.306 e. The second-order valence-electron chi connectivity index (χ2n) is 12.1. The molecule has 0 aromatic rings. The fourth-order valence-corrected chi connectivity index (χ4v) is 5.83. The Morgan fingerprint density at radius 3 is 1.33 bits per heavy atom. The van der Waals surface area contributed by atoms with Crippen molar-refractivity contribution < 1.29 is 9.53 Å². The summed E-state index contributed by atoms with van der Waals surface area (Å²) in [6.07, 6.45) is 33.9. The fourth-order valence-electron chi connectivity index (χ4n) is 5.83. The number of hydrogen-bond donors (Lipinski definition) is 0. The molecule has 1 aliphatic rings. The van der Waals surface area contributed by atoms with Crippen molar-refractivity contribution in [2.24, 2.45) is 0 Å². The van der Waals surface area contributed by atoms with E-state index in [1.165, 1.54) is 135 Å². The quantitative estimate of drug-likeness (QED) is 0.0817. The molecule has 0 radical (unpaired) electrons. The van der Waals surface area contributed by atoms with Gasteiger partial charge in [0.15, 0.2) is 0 Å². The molecule has 1 aliphatic carbocycles. The summed E-state index contributed by atoms with van der Waals surface area (Å²) in [7, 11) is 4.25. The zero-order valence-corrected chi connectivity index (χ0v) is 25.2. The van der Waals surface area contributed by atoms with Crippen molar-refractivity contribution >= 4 is 5.97 Å². The average Bonchev–Trinajstić information content (AvgIpc) is 3.57. The zero-order valence-electron chi connectivity index (χ0n) is 25.2. The largest absolute Gasteiger partial charge is 0.457 e. The molecule has 0 amide bonds. The molecule has 0 spiro atoms. The van der Waals surface area contributed by atoms with Crippen LogP contribution in [0.5, 0.6) is 0 Å². The Labute approximate surface area is 226 Å². The van der Waals surface area contributed by atoms with Crippen molar-refractivity contribution in [3.05, 3.63) is 0 Å². The van der Waals surface area contributed by atoms with Crippen LogP contribution in [0.1, 0.15) is 181 Å². The van der Waals surface area contributed by atoms with Gasteiger partial charge in [-0.2, -0.15) is 0 Å². The Morgan fingerprint density at radius 2 is 0.972 bits per heavy atom. The minimum absolute atomic E-state index is 0.0401. The molecule has 1 fully saturated rings. The summed E-state index contributed by atoms with van der Waals surface area (Å²) in [4.78, 5) is 14.7. The highest BCUT2D eigenvalue weighted by Crippen LogP contribution is 2.47. The van der Waals surface area contributed by atoms with Crippen LogP contribution in [-0.4, -0.2) is 36.6 Å². The lowest BCUT2D eigenvalue weighted by Gasteiger charge is -2.21. The van der Waals surface area contributed by atoms with Gasteiger partial charge in [-0.15, -0.1) is 0 Å². The van der Waals surface area contributed by atoms with E-state index < -0.39 is 0 Å². The minimum Gasteiger partial charge on any atom is -0.457 e. The van der Waals surface area contributed by atoms with Crippen molar-refractivity contribution in [2.45, 2.75) is 192 Å². The first kappa shape index (κ1) is 33.5. The van der Waals surface area contributed by atoms with E-state index in [1.54, 1.807) is 0 Å². The molecule has 3 nitrogen and oxygen atoms in total. The lowest BCUT2D eigenvalue weighted by molar-refractivity contribution is -0.153. The number of esters is 1. The molecule has 0 bridgehead atoms. The van der Waals surface area contributed by atoms with Crippen LogP contribution in [0.3, 0.4) is 0 Å². The van der Waals surface area contributed by atoms with E-state index in [9.17, 15) is 4.79 Å². The van der Waals surface area contributed by atoms with E-state index in [0.717, 1.165) is 25.7 Å². The van der Waals surface area contributed by atoms with Gasteiger partial charge in [-0.1, -0.05) is 149 Å². The van der Waals surface area contributed by atoms with Gasteiger partial charge in [-0.25, -0.2) is 0 Å². The summed E-state index contributed by atoms with van der Waals surface area (Å²) in [5, 5.41) is 0. The van der Waals surface area contributed by atoms with E-state index in [4.69, 9.17) is 4.74 Å². The lowest BCUT2D eigenvalue weighted by atomic mass is 10.0. The highest BCUT2D eigenvalue weighted by Gasteiger charge is 2.58. The maximum absolute atomic E-state index is 12.5. The van der Waals surface area contributed by atoms with Crippen LogP contribution in [-0.2, 0) is 9.53 Å². The number of likely N-dealkylation sites (N-methyl/N-ethyl adjacent to an activating group) is 1. The number of nitrogens with zero attached hydrogens (tertiary/aromatic N) is 1. The van der Waals surface area contributed by atoms with Crippen LogP contribution in [0.15, 0.2) is 0 Å². The third kappa shape index (κ3) is 17.0. The number of carbonyl (C=O) groups is 1. The van der Waals surface area contributed by atoms with Gasteiger partial charge in [0.2, 0.25) is 0 Å². The van der Waals surface area contributed by atoms with Crippen LogP contribution in [0, 0.1) is 0 Å². The Hall–Kier alpha value is -0.570. The molecule has 214 valence electrons. The van der Waals surface area contributed by atoms with E-state index >= 15 is 0 Å². The molecule has 2 unspecified atom stereocenters. The number of hydrogen-bond acceptors (Lipinski definition) is 3. The van der Waals surface area contributed by atoms with Crippen LogP contribution >= 0.6 is 0 Å². The first-order valence-electron chi connectivity index (χ1n) is 16.4. The molecule has 0 aromatic heterocycles. The van der Waals surface area contributed by atoms with E-state index in [2.05, 4.69) is 32.8 Å². The maximum Gasteiger partial charge on any atom is 0.306 e. The molecule has 36 heavy (non-hydrogen) atoms. The fraction of sp³-hybridized carbons (Fsp3) is 0.970. The highest BCUT2D eigenvalue weighted by molar-refractivity contribution is 5.70. The highest BCUT2D eigenvalue weighted by atomic mass is 16.6. The second-order valence-corrected chi connectivity index (χ2v) is 12.1. The normalized spacial score (nSPS) is 19.2. The van der Waals surface area contributed by atoms with Gasteiger partial charge in [0.05, 0.1) is 6.04 Å². The number of ether oxygens (including phenoxy) is 1. The summed E-state index contributed by atoms with van der Waals surface area (Å²) in [6, 6.07) is 0.423. The molecule has 2 atom stereocenters. The summed E-state index contributed by atoms with van der Waals surface area (Å²) in [5.41, 5.74) is -0.181. The third-order valence-electron chi connectivity index (χ3n) is 8.36. The zero-order chi connectivity index (χ0) is 26.3. The third-order valence-corrected chi connectivity index (χ3v) is 8.36. The standard InChI is InChI=1S/C33H65NO2/c1-5-7-9-11-12-13-14-15-16-17-18-19-20-21-22-23-25-27-29-33(30-31(33)34(3)4)36-32(35)28-26-24-10-8-6-2/h31H,5-30H2,1-4H3. The molecule has 3 heteroatoms. The van der Waals surface area contributed by atoms with Gasteiger partial charge in [0.25, 0.3) is 0 Å². The maximum atomic E-state index is 12.5.